The van der Waals surface area contributed by atoms with Crippen molar-refractivity contribution in [2.45, 2.75) is 82.8 Å². The van der Waals surface area contributed by atoms with Crippen molar-refractivity contribution in [3.63, 3.8) is 0 Å². The maximum Gasteiger partial charge on any atom is 0.200 e. The number of rotatable bonds is 10. The molecule has 2 rings (SSSR count). The SMILES string of the molecule is CC(C)[Si](OCC1(c2cccc(CCS(=O)(=O)[O-])c2)CC1)(C(C)C)C(C)C. The van der Waals surface area contributed by atoms with E-state index in [-0.39, 0.29) is 17.6 Å². The Kier molecular flexibility index (Phi) is 6.99. The fraction of sp³-hybridized carbons (Fsp3) is 0.714. The van der Waals surface area contributed by atoms with Crippen molar-refractivity contribution in [1.82, 2.24) is 0 Å². The first-order valence-corrected chi connectivity index (χ1v) is 13.8. The van der Waals surface area contributed by atoms with E-state index in [1.54, 1.807) is 0 Å². The van der Waals surface area contributed by atoms with Crippen molar-refractivity contribution in [2.75, 3.05) is 12.4 Å². The van der Waals surface area contributed by atoms with Crippen LogP contribution in [0.15, 0.2) is 24.3 Å². The molecule has 1 fully saturated rings. The smallest absolute Gasteiger partial charge is 0.200 e. The van der Waals surface area contributed by atoms with Crippen LogP contribution in [-0.4, -0.2) is 33.6 Å². The maximum absolute atomic E-state index is 10.9. The van der Waals surface area contributed by atoms with Gasteiger partial charge in [-0.3, -0.25) is 0 Å². The lowest BCUT2D eigenvalue weighted by molar-refractivity contribution is 0.244. The summed E-state index contributed by atoms with van der Waals surface area (Å²) in [5.74, 6) is -0.343. The largest absolute Gasteiger partial charge is 0.748 e. The summed E-state index contributed by atoms with van der Waals surface area (Å²) >= 11 is 0. The van der Waals surface area contributed by atoms with Crippen LogP contribution >= 0.6 is 0 Å². The lowest BCUT2D eigenvalue weighted by Crippen LogP contribution is -2.49. The van der Waals surface area contributed by atoms with E-state index in [1.807, 2.05) is 12.1 Å². The number of hydrogen-bond acceptors (Lipinski definition) is 4. The zero-order valence-electron chi connectivity index (χ0n) is 17.6. The van der Waals surface area contributed by atoms with Crippen molar-refractivity contribution in [1.29, 1.82) is 0 Å². The highest BCUT2D eigenvalue weighted by atomic mass is 32.2. The molecule has 1 aromatic carbocycles. The van der Waals surface area contributed by atoms with E-state index in [0.717, 1.165) is 25.0 Å². The first-order valence-electron chi connectivity index (χ1n) is 10.1. The summed E-state index contributed by atoms with van der Waals surface area (Å²) in [6, 6.07) is 8.07. The fourth-order valence-corrected chi connectivity index (χ4v) is 10.7. The van der Waals surface area contributed by atoms with E-state index in [4.69, 9.17) is 4.43 Å². The second kappa shape index (κ2) is 8.35. The third-order valence-electron chi connectivity index (χ3n) is 6.34. The maximum atomic E-state index is 10.9. The van der Waals surface area contributed by atoms with Crippen LogP contribution in [0.25, 0.3) is 0 Å². The first-order chi connectivity index (χ1) is 12.4. The summed E-state index contributed by atoms with van der Waals surface area (Å²) in [7, 11) is -6.09. The molecule has 0 spiro atoms. The molecular weight excluding hydrogens is 376 g/mol. The number of hydrogen-bond donors (Lipinski definition) is 0. The molecule has 0 atom stereocenters. The van der Waals surface area contributed by atoms with Gasteiger partial charge in [-0.15, -0.1) is 0 Å². The predicted octanol–water partition coefficient (Wildman–Crippen LogP) is 5.00. The average Bonchev–Trinajstić information content (AvgIpc) is 3.33. The van der Waals surface area contributed by atoms with Gasteiger partial charge in [0.2, 0.25) is 0 Å². The lowest BCUT2D eigenvalue weighted by atomic mass is 9.95. The molecule has 0 heterocycles. The van der Waals surface area contributed by atoms with Gasteiger partial charge in [0.1, 0.15) is 0 Å². The van der Waals surface area contributed by atoms with Gasteiger partial charge >= 0.3 is 0 Å². The van der Waals surface area contributed by atoms with Crippen LogP contribution in [0.5, 0.6) is 0 Å². The Labute approximate surface area is 166 Å². The molecule has 0 bridgehead atoms. The molecule has 6 heteroatoms. The summed E-state index contributed by atoms with van der Waals surface area (Å²) in [5, 5.41) is 0. The Morgan fingerprint density at radius 2 is 1.63 bits per heavy atom. The van der Waals surface area contributed by atoms with E-state index < -0.39 is 18.4 Å². The second-order valence-corrected chi connectivity index (χ2v) is 16.1. The van der Waals surface area contributed by atoms with Gasteiger partial charge in [0.25, 0.3) is 0 Å². The molecule has 4 nitrogen and oxygen atoms in total. The van der Waals surface area contributed by atoms with Gasteiger partial charge < -0.3 is 8.98 Å². The van der Waals surface area contributed by atoms with Crippen LogP contribution in [0, 0.1) is 0 Å². The summed E-state index contributed by atoms with van der Waals surface area (Å²) in [6.07, 6.45) is 2.49. The second-order valence-electron chi connectivity index (χ2n) is 9.10. The van der Waals surface area contributed by atoms with Gasteiger partial charge in [0.15, 0.2) is 8.32 Å². The Balaban J connectivity index is 2.17. The molecule has 1 aromatic rings. The number of benzene rings is 1. The van der Waals surface area contributed by atoms with Crippen molar-refractivity contribution in [3.05, 3.63) is 35.4 Å². The van der Waals surface area contributed by atoms with Crippen LogP contribution in [0.2, 0.25) is 16.6 Å². The highest BCUT2D eigenvalue weighted by Gasteiger charge is 2.50. The third-order valence-corrected chi connectivity index (χ3v) is 13.1. The van der Waals surface area contributed by atoms with Gasteiger partial charge in [-0.1, -0.05) is 65.8 Å². The van der Waals surface area contributed by atoms with Crippen LogP contribution < -0.4 is 0 Å². The van der Waals surface area contributed by atoms with E-state index in [0.29, 0.717) is 16.6 Å². The Morgan fingerprint density at radius 1 is 1.07 bits per heavy atom. The van der Waals surface area contributed by atoms with E-state index in [1.165, 1.54) is 5.56 Å². The summed E-state index contributed by atoms with van der Waals surface area (Å²) in [4.78, 5) is 0. The van der Waals surface area contributed by atoms with E-state index in [2.05, 4.69) is 53.7 Å². The molecule has 0 saturated heterocycles. The highest BCUT2D eigenvalue weighted by Crippen LogP contribution is 2.51. The minimum atomic E-state index is -4.18. The fourth-order valence-electron chi connectivity index (χ4n) is 4.73. The van der Waals surface area contributed by atoms with Gasteiger partial charge in [-0.05, 0) is 47.0 Å². The van der Waals surface area contributed by atoms with E-state index in [9.17, 15) is 13.0 Å². The minimum absolute atomic E-state index is 0.0588. The molecule has 1 aliphatic rings. The summed E-state index contributed by atoms with van der Waals surface area (Å²) in [5.41, 5.74) is 3.87. The third kappa shape index (κ3) is 5.22. The summed E-state index contributed by atoms with van der Waals surface area (Å²) in [6.45, 7) is 14.6. The molecule has 0 radical (unpaired) electrons. The topological polar surface area (TPSA) is 66.4 Å². The molecule has 0 amide bonds. The standard InChI is InChI=1S/C21H36O4SSi/c1-16(2)27(17(3)4,18(5)6)25-15-21(11-12-21)20-9-7-8-19(14-20)10-13-26(22,23)24/h7-9,14,16-18H,10-13,15H2,1-6H3,(H,22,23,24)/p-1. The van der Waals surface area contributed by atoms with Crippen molar-refractivity contribution >= 4 is 18.4 Å². The molecule has 1 aliphatic carbocycles. The molecular formula is C21H35O4SSi-. The predicted molar refractivity (Wildman–Crippen MR) is 113 cm³/mol. The van der Waals surface area contributed by atoms with Gasteiger partial charge in [-0.2, -0.15) is 0 Å². The quantitative estimate of drug-likeness (QED) is 0.401. The Morgan fingerprint density at radius 3 is 2.07 bits per heavy atom. The molecule has 27 heavy (non-hydrogen) atoms. The zero-order chi connectivity index (χ0) is 20.5. The van der Waals surface area contributed by atoms with Crippen molar-refractivity contribution < 1.29 is 17.4 Å². The Bertz CT molecular complexity index is 715. The molecule has 0 aromatic heterocycles. The molecule has 0 aliphatic heterocycles. The van der Waals surface area contributed by atoms with Crippen LogP contribution in [-0.2, 0) is 26.4 Å². The molecule has 0 N–H and O–H groups in total. The molecule has 1 saturated carbocycles. The normalized spacial score (nSPS) is 17.1. The lowest BCUT2D eigenvalue weighted by Gasteiger charge is -2.43. The van der Waals surface area contributed by atoms with E-state index >= 15 is 0 Å². The molecule has 154 valence electrons. The van der Waals surface area contributed by atoms with Crippen LogP contribution in [0.3, 0.4) is 0 Å². The average molecular weight is 412 g/mol. The minimum Gasteiger partial charge on any atom is -0.748 e. The number of aryl methyl sites for hydroxylation is 1. The summed E-state index contributed by atoms with van der Waals surface area (Å²) < 4.78 is 39.6. The first kappa shape index (κ1) is 22.6. The van der Waals surface area contributed by atoms with Gasteiger partial charge in [0.05, 0.1) is 10.1 Å². The molecule has 0 unspecified atom stereocenters. The Hall–Kier alpha value is -0.693. The zero-order valence-corrected chi connectivity index (χ0v) is 19.4. The van der Waals surface area contributed by atoms with Gasteiger partial charge in [-0.25, -0.2) is 8.42 Å². The van der Waals surface area contributed by atoms with Crippen molar-refractivity contribution in [3.8, 4) is 0 Å². The van der Waals surface area contributed by atoms with Gasteiger partial charge in [0, 0.05) is 17.8 Å². The monoisotopic (exact) mass is 411 g/mol. The van der Waals surface area contributed by atoms with Crippen LogP contribution in [0.4, 0.5) is 0 Å². The highest BCUT2D eigenvalue weighted by molar-refractivity contribution is 7.85. The van der Waals surface area contributed by atoms with Crippen LogP contribution in [0.1, 0.15) is 65.5 Å². The van der Waals surface area contributed by atoms with Crippen molar-refractivity contribution in [2.24, 2.45) is 0 Å².